The molecule has 0 aliphatic heterocycles. The lowest BCUT2D eigenvalue weighted by Crippen LogP contribution is -1.98. The molecule has 136 valence electrons. The molecule has 0 saturated carbocycles. The van der Waals surface area contributed by atoms with E-state index in [1.54, 1.807) is 30.3 Å². The van der Waals surface area contributed by atoms with Crippen LogP contribution in [0.3, 0.4) is 0 Å². The zero-order valence-electron chi connectivity index (χ0n) is 14.3. The standard InChI is InChI=1S/C20H15NO5S/c1-3-10-25-16-9-8-13(11-17(16)24-2)12-18(19(22)23)27-20-21-14-6-4-5-7-15(14)26-20/h1,4-9,11-12H,10H2,2H3,(H,22,23)/b18-12-. The summed E-state index contributed by atoms with van der Waals surface area (Å²) < 4.78 is 16.2. The number of terminal acetylenes is 1. The monoisotopic (exact) mass is 381 g/mol. The molecule has 27 heavy (non-hydrogen) atoms. The second kappa shape index (κ2) is 8.34. The number of carboxylic acid groups (broad SMARTS) is 1. The average Bonchev–Trinajstić information content (AvgIpc) is 3.08. The van der Waals surface area contributed by atoms with Crippen LogP contribution in [0.25, 0.3) is 17.2 Å². The molecule has 0 amide bonds. The first-order chi connectivity index (χ1) is 13.1. The minimum absolute atomic E-state index is 0.0564. The molecule has 0 aliphatic carbocycles. The minimum Gasteiger partial charge on any atom is -0.493 e. The van der Waals surface area contributed by atoms with Gasteiger partial charge in [0.1, 0.15) is 17.0 Å². The van der Waals surface area contributed by atoms with Crippen molar-refractivity contribution in [1.29, 1.82) is 0 Å². The first-order valence-corrected chi connectivity index (χ1v) is 8.65. The van der Waals surface area contributed by atoms with Gasteiger partial charge >= 0.3 is 5.97 Å². The first kappa shape index (κ1) is 18.4. The summed E-state index contributed by atoms with van der Waals surface area (Å²) in [5.74, 6) is 2.23. The van der Waals surface area contributed by atoms with Gasteiger partial charge in [0, 0.05) is 0 Å². The van der Waals surface area contributed by atoms with Gasteiger partial charge in [-0.15, -0.1) is 6.42 Å². The van der Waals surface area contributed by atoms with E-state index in [9.17, 15) is 9.90 Å². The van der Waals surface area contributed by atoms with Crippen LogP contribution in [0.5, 0.6) is 11.5 Å². The molecular weight excluding hydrogens is 366 g/mol. The van der Waals surface area contributed by atoms with Crippen molar-refractivity contribution in [2.45, 2.75) is 5.22 Å². The molecule has 1 heterocycles. The van der Waals surface area contributed by atoms with Crippen LogP contribution >= 0.6 is 11.8 Å². The Labute approximate surface area is 159 Å². The maximum absolute atomic E-state index is 11.6. The van der Waals surface area contributed by atoms with Crippen molar-refractivity contribution >= 4 is 34.9 Å². The predicted octanol–water partition coefficient (Wildman–Crippen LogP) is 4.07. The van der Waals surface area contributed by atoms with Crippen LogP contribution in [0.15, 0.2) is 57.0 Å². The number of para-hydroxylation sites is 2. The number of nitrogens with zero attached hydrogens (tertiary/aromatic N) is 1. The van der Waals surface area contributed by atoms with Crippen LogP contribution in [0.1, 0.15) is 5.56 Å². The minimum atomic E-state index is -1.09. The number of fused-ring (bicyclic) bond motifs is 1. The van der Waals surface area contributed by atoms with Gasteiger partial charge in [0.2, 0.25) is 0 Å². The number of methoxy groups -OCH3 is 1. The molecule has 6 nitrogen and oxygen atoms in total. The Morgan fingerprint density at radius 3 is 2.85 bits per heavy atom. The highest BCUT2D eigenvalue weighted by atomic mass is 32.2. The summed E-state index contributed by atoms with van der Waals surface area (Å²) in [6, 6.07) is 12.3. The maximum Gasteiger partial charge on any atom is 0.342 e. The average molecular weight is 381 g/mol. The van der Waals surface area contributed by atoms with E-state index in [2.05, 4.69) is 10.9 Å². The van der Waals surface area contributed by atoms with Gasteiger partial charge in [0.05, 0.1) is 7.11 Å². The van der Waals surface area contributed by atoms with E-state index in [1.165, 1.54) is 13.2 Å². The number of aromatic nitrogens is 1. The summed E-state index contributed by atoms with van der Waals surface area (Å²) in [5, 5.41) is 9.79. The summed E-state index contributed by atoms with van der Waals surface area (Å²) in [6.07, 6.45) is 6.70. The number of aliphatic carboxylic acids is 1. The van der Waals surface area contributed by atoms with Gasteiger partial charge in [0.15, 0.2) is 17.1 Å². The van der Waals surface area contributed by atoms with Crippen molar-refractivity contribution in [3.8, 4) is 23.8 Å². The van der Waals surface area contributed by atoms with Gasteiger partial charge in [-0.05, 0) is 47.7 Å². The molecule has 1 N–H and O–H groups in total. The Morgan fingerprint density at radius 1 is 1.33 bits per heavy atom. The highest BCUT2D eigenvalue weighted by Gasteiger charge is 2.15. The first-order valence-electron chi connectivity index (χ1n) is 7.83. The lowest BCUT2D eigenvalue weighted by Gasteiger charge is -2.09. The third-order valence-electron chi connectivity index (χ3n) is 3.48. The molecule has 7 heteroatoms. The fourth-order valence-electron chi connectivity index (χ4n) is 2.29. The van der Waals surface area contributed by atoms with E-state index < -0.39 is 5.97 Å². The zero-order valence-corrected chi connectivity index (χ0v) is 15.2. The number of ether oxygens (including phenoxy) is 2. The van der Waals surface area contributed by atoms with Crippen LogP contribution < -0.4 is 9.47 Å². The van der Waals surface area contributed by atoms with Crippen molar-refractivity contribution < 1.29 is 23.8 Å². The number of hydrogen-bond acceptors (Lipinski definition) is 6. The van der Waals surface area contributed by atoms with E-state index in [0.717, 1.165) is 11.8 Å². The predicted molar refractivity (Wildman–Crippen MR) is 103 cm³/mol. The van der Waals surface area contributed by atoms with Crippen molar-refractivity contribution in [3.05, 3.63) is 52.9 Å². The Morgan fingerprint density at radius 2 is 2.15 bits per heavy atom. The molecule has 3 rings (SSSR count). The Hall–Kier alpha value is -3.37. The van der Waals surface area contributed by atoms with E-state index in [-0.39, 0.29) is 16.7 Å². The number of benzene rings is 2. The molecule has 0 radical (unpaired) electrons. The smallest absolute Gasteiger partial charge is 0.342 e. The van der Waals surface area contributed by atoms with Crippen molar-refractivity contribution in [1.82, 2.24) is 4.98 Å². The summed E-state index contributed by atoms with van der Waals surface area (Å²) in [6.45, 7) is 0.111. The van der Waals surface area contributed by atoms with Crippen LogP contribution in [0.4, 0.5) is 0 Å². The van der Waals surface area contributed by atoms with E-state index >= 15 is 0 Å². The van der Waals surface area contributed by atoms with Gasteiger partial charge in [-0.25, -0.2) is 9.78 Å². The molecule has 3 aromatic rings. The van der Waals surface area contributed by atoms with E-state index in [4.69, 9.17) is 20.3 Å². The Bertz CT molecular complexity index is 1010. The lowest BCUT2D eigenvalue weighted by molar-refractivity contribution is -0.131. The largest absolute Gasteiger partial charge is 0.493 e. The molecule has 0 fully saturated rings. The van der Waals surface area contributed by atoms with E-state index in [0.29, 0.717) is 28.2 Å². The SMILES string of the molecule is C#CCOc1ccc(/C=C(\Sc2nc3ccccc3o2)C(=O)O)cc1OC. The van der Waals surface area contributed by atoms with Crippen molar-refractivity contribution in [3.63, 3.8) is 0 Å². The second-order valence-electron chi connectivity index (χ2n) is 5.27. The van der Waals surface area contributed by atoms with Crippen LogP contribution in [-0.4, -0.2) is 29.8 Å². The van der Waals surface area contributed by atoms with E-state index in [1.807, 2.05) is 12.1 Å². The second-order valence-corrected chi connectivity index (χ2v) is 6.26. The molecule has 0 aliphatic rings. The van der Waals surface area contributed by atoms with Gasteiger partial charge in [-0.3, -0.25) is 0 Å². The normalized spacial score (nSPS) is 11.2. The highest BCUT2D eigenvalue weighted by molar-refractivity contribution is 8.03. The number of carboxylic acids is 1. The highest BCUT2D eigenvalue weighted by Crippen LogP contribution is 2.33. The molecule has 1 aromatic heterocycles. The quantitative estimate of drug-likeness (QED) is 0.375. The maximum atomic E-state index is 11.6. The van der Waals surface area contributed by atoms with Crippen LogP contribution in [0.2, 0.25) is 0 Å². The summed E-state index contributed by atoms with van der Waals surface area (Å²) >= 11 is 0.934. The third kappa shape index (κ3) is 4.43. The van der Waals surface area contributed by atoms with Crippen molar-refractivity contribution in [2.75, 3.05) is 13.7 Å². The van der Waals surface area contributed by atoms with Crippen molar-refractivity contribution in [2.24, 2.45) is 0 Å². The molecule has 0 atom stereocenters. The number of thioether (sulfide) groups is 1. The molecule has 0 bridgehead atoms. The molecule has 0 saturated heterocycles. The summed E-state index contributed by atoms with van der Waals surface area (Å²) in [5.41, 5.74) is 1.89. The molecular formula is C20H15NO5S. The lowest BCUT2D eigenvalue weighted by atomic mass is 10.2. The Balaban J connectivity index is 1.89. The van der Waals surface area contributed by atoms with Crippen LogP contribution in [0, 0.1) is 12.3 Å². The Kier molecular flexibility index (Phi) is 5.69. The topological polar surface area (TPSA) is 81.8 Å². The number of hydrogen-bond donors (Lipinski definition) is 1. The summed E-state index contributed by atoms with van der Waals surface area (Å²) in [7, 11) is 1.50. The van der Waals surface area contributed by atoms with Gasteiger partial charge < -0.3 is 19.0 Å². The number of oxazole rings is 1. The zero-order chi connectivity index (χ0) is 19.2. The van der Waals surface area contributed by atoms with Crippen LogP contribution in [-0.2, 0) is 4.79 Å². The number of carbonyl (C=O) groups is 1. The van der Waals surface area contributed by atoms with Gasteiger partial charge in [-0.2, -0.15) is 0 Å². The van der Waals surface area contributed by atoms with Gasteiger partial charge in [-0.1, -0.05) is 24.1 Å². The van der Waals surface area contributed by atoms with Gasteiger partial charge in [0.25, 0.3) is 5.22 Å². The number of rotatable bonds is 7. The summed E-state index contributed by atoms with van der Waals surface area (Å²) in [4.78, 5) is 16.0. The third-order valence-corrected chi connectivity index (χ3v) is 4.34. The molecule has 0 spiro atoms. The molecule has 2 aromatic carbocycles. The molecule has 0 unspecified atom stereocenters. The fraction of sp³-hybridized carbons (Fsp3) is 0.100. The fourth-order valence-corrected chi connectivity index (χ4v) is 3.03.